The molecule has 0 radical (unpaired) electrons. The second-order valence-electron chi connectivity index (χ2n) is 4.16. The van der Waals surface area contributed by atoms with E-state index in [0.717, 1.165) is 0 Å². The Morgan fingerprint density at radius 3 is 2.70 bits per heavy atom. The smallest absolute Gasteiger partial charge is 0.311 e. The van der Waals surface area contributed by atoms with Crippen LogP contribution in [0.5, 0.6) is 5.75 Å². The van der Waals surface area contributed by atoms with Gasteiger partial charge in [-0.25, -0.2) is 0 Å². The maximum absolute atomic E-state index is 12.2. The van der Waals surface area contributed by atoms with Crippen LogP contribution in [0.2, 0.25) is 0 Å². The van der Waals surface area contributed by atoms with E-state index in [-0.39, 0.29) is 29.6 Å². The fraction of sp³-hybridized carbons (Fsp3) is 0.462. The molecule has 0 aliphatic heterocycles. The van der Waals surface area contributed by atoms with Crippen molar-refractivity contribution in [1.82, 2.24) is 5.32 Å². The average Bonchev–Trinajstić information content (AvgIpc) is 2.44. The summed E-state index contributed by atoms with van der Waals surface area (Å²) in [5.74, 6) is -0.432. The van der Waals surface area contributed by atoms with Crippen LogP contribution in [-0.4, -0.2) is 30.0 Å². The zero-order valence-electron chi connectivity index (χ0n) is 11.6. The normalized spacial score (nSPS) is 11.8. The number of carbonyl (C=O) groups is 1. The standard InChI is InChI=1S/C13H19N3O4/c1-3-9(8-14)15-13(17)10-6-5-7-11(16(18)19)12(10)20-4-2/h5-7,9H,3-4,8,14H2,1-2H3,(H,15,17). The van der Waals surface area contributed by atoms with Gasteiger partial charge < -0.3 is 15.8 Å². The highest BCUT2D eigenvalue weighted by molar-refractivity contribution is 5.98. The van der Waals surface area contributed by atoms with E-state index in [2.05, 4.69) is 5.32 Å². The van der Waals surface area contributed by atoms with E-state index < -0.39 is 10.8 Å². The number of hydrogen-bond acceptors (Lipinski definition) is 5. The molecule has 0 saturated heterocycles. The lowest BCUT2D eigenvalue weighted by Gasteiger charge is -2.16. The molecule has 0 heterocycles. The second-order valence-corrected chi connectivity index (χ2v) is 4.16. The van der Waals surface area contributed by atoms with Gasteiger partial charge in [-0.15, -0.1) is 0 Å². The van der Waals surface area contributed by atoms with Gasteiger partial charge in [-0.3, -0.25) is 14.9 Å². The first kappa shape index (κ1) is 15.9. The van der Waals surface area contributed by atoms with Crippen LogP contribution < -0.4 is 15.8 Å². The molecule has 7 heteroatoms. The summed E-state index contributed by atoms with van der Waals surface area (Å²) in [6, 6.07) is 4.09. The van der Waals surface area contributed by atoms with Gasteiger partial charge in [0.1, 0.15) is 0 Å². The molecule has 1 unspecified atom stereocenters. The molecule has 1 rings (SSSR count). The number of benzene rings is 1. The highest BCUT2D eigenvalue weighted by Crippen LogP contribution is 2.30. The minimum absolute atomic E-state index is 0.00984. The van der Waals surface area contributed by atoms with Gasteiger partial charge in [0, 0.05) is 18.7 Å². The Hall–Kier alpha value is -2.15. The van der Waals surface area contributed by atoms with Crippen molar-refractivity contribution in [3.8, 4) is 5.75 Å². The third-order valence-electron chi connectivity index (χ3n) is 2.84. The van der Waals surface area contributed by atoms with Crippen molar-refractivity contribution < 1.29 is 14.5 Å². The van der Waals surface area contributed by atoms with E-state index in [4.69, 9.17) is 10.5 Å². The van der Waals surface area contributed by atoms with E-state index in [1.807, 2.05) is 6.92 Å². The van der Waals surface area contributed by atoms with Crippen LogP contribution in [0.25, 0.3) is 0 Å². The summed E-state index contributed by atoms with van der Waals surface area (Å²) in [6.45, 7) is 4.14. The molecule has 0 aliphatic carbocycles. The van der Waals surface area contributed by atoms with Gasteiger partial charge in [0.05, 0.1) is 17.1 Å². The fourth-order valence-electron chi connectivity index (χ4n) is 1.73. The van der Waals surface area contributed by atoms with Crippen LogP contribution in [0, 0.1) is 10.1 Å². The van der Waals surface area contributed by atoms with Crippen LogP contribution in [0.4, 0.5) is 5.69 Å². The van der Waals surface area contributed by atoms with Gasteiger partial charge in [0.15, 0.2) is 0 Å². The molecule has 110 valence electrons. The highest BCUT2D eigenvalue weighted by Gasteiger charge is 2.23. The minimum Gasteiger partial charge on any atom is -0.487 e. The maximum Gasteiger partial charge on any atom is 0.311 e. The Morgan fingerprint density at radius 2 is 2.20 bits per heavy atom. The molecule has 1 aromatic carbocycles. The Bertz CT molecular complexity index is 487. The number of nitrogens with zero attached hydrogens (tertiary/aromatic N) is 1. The van der Waals surface area contributed by atoms with Crippen molar-refractivity contribution in [2.75, 3.05) is 13.2 Å². The van der Waals surface area contributed by atoms with Crippen LogP contribution in [0.15, 0.2) is 18.2 Å². The van der Waals surface area contributed by atoms with Crippen molar-refractivity contribution >= 4 is 11.6 Å². The zero-order valence-corrected chi connectivity index (χ0v) is 11.6. The molecule has 1 aromatic rings. The minimum atomic E-state index is -0.567. The van der Waals surface area contributed by atoms with Crippen LogP contribution in [0.3, 0.4) is 0 Å². The quantitative estimate of drug-likeness (QED) is 0.581. The molecule has 3 N–H and O–H groups in total. The number of nitrogens with one attached hydrogen (secondary N) is 1. The summed E-state index contributed by atoms with van der Waals surface area (Å²) >= 11 is 0. The number of nitrogens with two attached hydrogens (primary N) is 1. The van der Waals surface area contributed by atoms with Crippen molar-refractivity contribution in [2.24, 2.45) is 5.73 Å². The Balaban J connectivity index is 3.13. The van der Waals surface area contributed by atoms with Crippen molar-refractivity contribution in [3.05, 3.63) is 33.9 Å². The average molecular weight is 281 g/mol. The molecule has 0 bridgehead atoms. The molecule has 0 aromatic heterocycles. The highest BCUT2D eigenvalue weighted by atomic mass is 16.6. The van der Waals surface area contributed by atoms with Gasteiger partial charge in [0.2, 0.25) is 5.75 Å². The predicted molar refractivity (Wildman–Crippen MR) is 74.9 cm³/mol. The molecule has 1 atom stereocenters. The number of rotatable bonds is 7. The topological polar surface area (TPSA) is 107 Å². The first-order valence-electron chi connectivity index (χ1n) is 6.46. The third-order valence-corrected chi connectivity index (χ3v) is 2.84. The summed E-state index contributed by atoms with van der Waals surface area (Å²) in [7, 11) is 0. The number of ether oxygens (including phenoxy) is 1. The number of para-hydroxylation sites is 1. The van der Waals surface area contributed by atoms with Gasteiger partial charge >= 0.3 is 5.69 Å². The van der Waals surface area contributed by atoms with Crippen LogP contribution >= 0.6 is 0 Å². The van der Waals surface area contributed by atoms with Gasteiger partial charge in [-0.1, -0.05) is 13.0 Å². The molecule has 20 heavy (non-hydrogen) atoms. The summed E-state index contributed by atoms with van der Waals surface area (Å²) in [4.78, 5) is 22.6. The molecular formula is C13H19N3O4. The third kappa shape index (κ3) is 3.67. The Morgan fingerprint density at radius 1 is 1.50 bits per heavy atom. The number of amides is 1. The van der Waals surface area contributed by atoms with Crippen LogP contribution in [0.1, 0.15) is 30.6 Å². The molecule has 0 aliphatic rings. The summed E-state index contributed by atoms with van der Waals surface area (Å²) < 4.78 is 5.27. The van der Waals surface area contributed by atoms with E-state index in [1.165, 1.54) is 18.2 Å². The first-order valence-corrected chi connectivity index (χ1v) is 6.46. The lowest BCUT2D eigenvalue weighted by molar-refractivity contribution is -0.385. The zero-order chi connectivity index (χ0) is 15.1. The van der Waals surface area contributed by atoms with E-state index in [1.54, 1.807) is 6.92 Å². The Kier molecular flexibility index (Phi) is 5.92. The molecule has 0 spiro atoms. The second kappa shape index (κ2) is 7.44. The van der Waals surface area contributed by atoms with Crippen molar-refractivity contribution in [3.63, 3.8) is 0 Å². The summed E-state index contributed by atoms with van der Waals surface area (Å²) in [5.41, 5.74) is 5.45. The summed E-state index contributed by atoms with van der Waals surface area (Å²) in [6.07, 6.45) is 0.682. The largest absolute Gasteiger partial charge is 0.487 e. The van der Waals surface area contributed by atoms with Crippen molar-refractivity contribution in [2.45, 2.75) is 26.3 Å². The van der Waals surface area contributed by atoms with E-state index in [9.17, 15) is 14.9 Å². The first-order chi connectivity index (χ1) is 9.54. The maximum atomic E-state index is 12.2. The monoisotopic (exact) mass is 281 g/mol. The predicted octanol–water partition coefficient (Wildman–Crippen LogP) is 1.46. The van der Waals surface area contributed by atoms with Gasteiger partial charge in [0.25, 0.3) is 5.91 Å². The SMILES string of the molecule is CCOc1c(C(=O)NC(CC)CN)cccc1[N+](=O)[O-]. The molecule has 1 amide bonds. The molecular weight excluding hydrogens is 262 g/mol. The number of hydrogen-bond donors (Lipinski definition) is 2. The molecule has 0 fully saturated rings. The fourth-order valence-corrected chi connectivity index (χ4v) is 1.73. The van der Waals surface area contributed by atoms with Gasteiger partial charge in [-0.2, -0.15) is 0 Å². The van der Waals surface area contributed by atoms with Crippen LogP contribution in [-0.2, 0) is 0 Å². The molecule has 7 nitrogen and oxygen atoms in total. The molecule has 0 saturated carbocycles. The van der Waals surface area contributed by atoms with Crippen molar-refractivity contribution in [1.29, 1.82) is 0 Å². The number of nitro benzene ring substituents is 1. The van der Waals surface area contributed by atoms with Gasteiger partial charge in [-0.05, 0) is 19.4 Å². The number of carbonyl (C=O) groups excluding carboxylic acids is 1. The number of nitro groups is 1. The summed E-state index contributed by atoms with van der Waals surface area (Å²) in [5, 5.41) is 13.7. The van der Waals surface area contributed by atoms with E-state index in [0.29, 0.717) is 13.0 Å². The lowest BCUT2D eigenvalue weighted by Crippen LogP contribution is -2.39. The van der Waals surface area contributed by atoms with E-state index >= 15 is 0 Å². The lowest BCUT2D eigenvalue weighted by atomic mass is 10.1. The Labute approximate surface area is 117 Å².